The third kappa shape index (κ3) is 5.00. The van der Waals surface area contributed by atoms with Crippen LogP contribution in [0.5, 0.6) is 0 Å². The monoisotopic (exact) mass is 283 g/mol. The summed E-state index contributed by atoms with van der Waals surface area (Å²) in [5.74, 6) is -0.352. The molecular formula is C13H21N3O4. The molecule has 0 aliphatic carbocycles. The van der Waals surface area contributed by atoms with Crippen molar-refractivity contribution in [1.82, 2.24) is 9.78 Å². The van der Waals surface area contributed by atoms with Gasteiger partial charge in [-0.1, -0.05) is 0 Å². The third-order valence-electron chi connectivity index (χ3n) is 2.51. The molecule has 0 unspecified atom stereocenters. The molecule has 2 N–H and O–H groups in total. The number of rotatable bonds is 4. The first-order valence-electron chi connectivity index (χ1n) is 6.25. The summed E-state index contributed by atoms with van der Waals surface area (Å²) in [6.45, 7) is 8.03. The predicted octanol–water partition coefficient (Wildman–Crippen LogP) is 1.57. The van der Waals surface area contributed by atoms with E-state index in [9.17, 15) is 14.7 Å². The first-order valence-corrected chi connectivity index (χ1v) is 6.25. The average molecular weight is 283 g/mol. The second-order valence-electron chi connectivity index (χ2n) is 5.88. The molecule has 1 aromatic rings. The summed E-state index contributed by atoms with van der Waals surface area (Å²) in [4.78, 5) is 22.8. The van der Waals surface area contributed by atoms with E-state index in [1.54, 1.807) is 20.8 Å². The molecule has 112 valence electrons. The van der Waals surface area contributed by atoms with Gasteiger partial charge in [-0.2, -0.15) is 5.10 Å². The smallest absolute Gasteiger partial charge is 0.412 e. The molecule has 0 bridgehead atoms. The van der Waals surface area contributed by atoms with Crippen LogP contribution in [0.3, 0.4) is 0 Å². The summed E-state index contributed by atoms with van der Waals surface area (Å²) in [7, 11) is 0. The second-order valence-corrected chi connectivity index (χ2v) is 5.88. The molecule has 0 aliphatic heterocycles. The van der Waals surface area contributed by atoms with Gasteiger partial charge in [0.05, 0.1) is 18.4 Å². The van der Waals surface area contributed by atoms with E-state index in [2.05, 4.69) is 10.4 Å². The van der Waals surface area contributed by atoms with Gasteiger partial charge in [-0.15, -0.1) is 0 Å². The van der Waals surface area contributed by atoms with E-state index < -0.39 is 17.3 Å². The Hall–Kier alpha value is -1.89. The summed E-state index contributed by atoms with van der Waals surface area (Å²) in [5.41, 5.74) is -1.65. The predicted molar refractivity (Wildman–Crippen MR) is 73.4 cm³/mol. The SMILES string of the molecule is CC(=O)[C@@](C)(O)Cn1cc(NC(=O)OC(C)(C)C)cn1. The van der Waals surface area contributed by atoms with Crippen molar-refractivity contribution in [2.75, 3.05) is 5.32 Å². The number of hydrogen-bond acceptors (Lipinski definition) is 5. The number of Topliss-reactive ketones (excluding diaryl/α,β-unsaturated/α-hetero) is 1. The fourth-order valence-corrected chi connectivity index (χ4v) is 1.36. The minimum atomic E-state index is -1.49. The molecule has 20 heavy (non-hydrogen) atoms. The maximum absolute atomic E-state index is 11.6. The molecule has 1 heterocycles. The lowest BCUT2D eigenvalue weighted by Crippen LogP contribution is -2.38. The van der Waals surface area contributed by atoms with E-state index in [-0.39, 0.29) is 12.3 Å². The van der Waals surface area contributed by atoms with Crippen LogP contribution in [0.15, 0.2) is 12.4 Å². The number of nitrogens with one attached hydrogen (secondary N) is 1. The number of ether oxygens (including phenoxy) is 1. The van der Waals surface area contributed by atoms with Gasteiger partial charge in [-0.05, 0) is 34.6 Å². The Bertz CT molecular complexity index is 500. The van der Waals surface area contributed by atoms with E-state index in [0.717, 1.165) is 0 Å². The normalized spacial score (nSPS) is 14.5. The average Bonchev–Trinajstić information content (AvgIpc) is 2.60. The van der Waals surface area contributed by atoms with Gasteiger partial charge in [0.2, 0.25) is 0 Å². The quantitative estimate of drug-likeness (QED) is 0.874. The highest BCUT2D eigenvalue weighted by Crippen LogP contribution is 2.13. The molecule has 7 heteroatoms. The van der Waals surface area contributed by atoms with Gasteiger partial charge in [0.25, 0.3) is 0 Å². The van der Waals surface area contributed by atoms with Crippen molar-refractivity contribution in [1.29, 1.82) is 0 Å². The van der Waals surface area contributed by atoms with Crippen LogP contribution in [0.2, 0.25) is 0 Å². The standard InChI is InChI=1S/C13H21N3O4/c1-9(17)13(5,19)8-16-7-10(6-14-16)15-11(18)20-12(2,3)4/h6-7,19H,8H2,1-5H3,(H,15,18)/t13-/m0/s1. The number of ketones is 1. The molecule has 0 spiro atoms. The third-order valence-corrected chi connectivity index (χ3v) is 2.51. The van der Waals surface area contributed by atoms with Crippen molar-refractivity contribution >= 4 is 17.6 Å². The highest BCUT2D eigenvalue weighted by Gasteiger charge is 2.27. The van der Waals surface area contributed by atoms with E-state index in [1.807, 2.05) is 0 Å². The molecule has 1 rings (SSSR count). The van der Waals surface area contributed by atoms with Crippen LogP contribution in [-0.4, -0.2) is 38.0 Å². The molecule has 0 saturated heterocycles. The first kappa shape index (κ1) is 16.2. The number of carbonyl (C=O) groups excluding carboxylic acids is 2. The van der Waals surface area contributed by atoms with E-state index in [4.69, 9.17) is 4.74 Å². The van der Waals surface area contributed by atoms with Crippen molar-refractivity contribution in [3.8, 4) is 0 Å². The van der Waals surface area contributed by atoms with Crippen molar-refractivity contribution < 1.29 is 19.4 Å². The van der Waals surface area contributed by atoms with Crippen LogP contribution >= 0.6 is 0 Å². The molecule has 0 radical (unpaired) electrons. The Balaban J connectivity index is 2.65. The van der Waals surface area contributed by atoms with Crippen LogP contribution in [0.4, 0.5) is 10.5 Å². The zero-order valence-electron chi connectivity index (χ0n) is 12.4. The van der Waals surface area contributed by atoms with Gasteiger partial charge in [0.1, 0.15) is 11.2 Å². The van der Waals surface area contributed by atoms with Gasteiger partial charge >= 0.3 is 6.09 Å². The summed E-state index contributed by atoms with van der Waals surface area (Å²) < 4.78 is 6.48. The maximum atomic E-state index is 11.6. The molecule has 0 aliphatic rings. The lowest BCUT2D eigenvalue weighted by atomic mass is 10.0. The largest absolute Gasteiger partial charge is 0.444 e. The molecule has 1 aromatic heterocycles. The van der Waals surface area contributed by atoms with Gasteiger partial charge in [0.15, 0.2) is 5.78 Å². The fourth-order valence-electron chi connectivity index (χ4n) is 1.36. The zero-order valence-corrected chi connectivity index (χ0v) is 12.4. The minimum Gasteiger partial charge on any atom is -0.444 e. The van der Waals surface area contributed by atoms with Gasteiger partial charge in [-0.25, -0.2) is 4.79 Å². The molecule has 1 atom stereocenters. The van der Waals surface area contributed by atoms with Crippen molar-refractivity contribution in [2.24, 2.45) is 0 Å². The number of anilines is 1. The Morgan fingerprint density at radius 2 is 2.00 bits per heavy atom. The highest BCUT2D eigenvalue weighted by molar-refractivity contribution is 5.85. The highest BCUT2D eigenvalue weighted by atomic mass is 16.6. The summed E-state index contributed by atoms with van der Waals surface area (Å²) in [5, 5.41) is 16.4. The Kier molecular flexibility index (Phi) is 4.54. The van der Waals surface area contributed by atoms with E-state index >= 15 is 0 Å². The number of aliphatic hydroxyl groups is 1. The summed E-state index contributed by atoms with van der Waals surface area (Å²) in [6.07, 6.45) is 2.34. The Morgan fingerprint density at radius 3 is 2.50 bits per heavy atom. The molecule has 0 fully saturated rings. The Labute approximate surface area is 117 Å². The number of carbonyl (C=O) groups is 2. The van der Waals surface area contributed by atoms with Crippen molar-refractivity contribution in [3.63, 3.8) is 0 Å². The van der Waals surface area contributed by atoms with Crippen LogP contribution in [-0.2, 0) is 16.1 Å². The minimum absolute atomic E-state index is 0.0122. The maximum Gasteiger partial charge on any atom is 0.412 e. The molecule has 0 saturated carbocycles. The van der Waals surface area contributed by atoms with Gasteiger partial charge < -0.3 is 9.84 Å². The van der Waals surface area contributed by atoms with Crippen molar-refractivity contribution in [2.45, 2.75) is 52.4 Å². The number of nitrogens with zero attached hydrogens (tertiary/aromatic N) is 2. The molecule has 7 nitrogen and oxygen atoms in total. The number of hydrogen-bond donors (Lipinski definition) is 2. The second kappa shape index (κ2) is 5.62. The first-order chi connectivity index (χ1) is 8.99. The zero-order chi connectivity index (χ0) is 15.6. The fraction of sp³-hybridized carbons (Fsp3) is 0.615. The lowest BCUT2D eigenvalue weighted by Gasteiger charge is -2.19. The van der Waals surface area contributed by atoms with Gasteiger partial charge in [0, 0.05) is 6.20 Å². The lowest BCUT2D eigenvalue weighted by molar-refractivity contribution is -0.134. The van der Waals surface area contributed by atoms with E-state index in [1.165, 1.54) is 30.9 Å². The number of aromatic nitrogens is 2. The van der Waals surface area contributed by atoms with E-state index in [0.29, 0.717) is 5.69 Å². The Morgan fingerprint density at radius 1 is 1.40 bits per heavy atom. The summed E-state index contributed by atoms with van der Waals surface area (Å²) >= 11 is 0. The van der Waals surface area contributed by atoms with Crippen LogP contribution in [0.1, 0.15) is 34.6 Å². The molecule has 0 aromatic carbocycles. The van der Waals surface area contributed by atoms with Crippen LogP contribution < -0.4 is 5.32 Å². The van der Waals surface area contributed by atoms with Crippen LogP contribution in [0.25, 0.3) is 0 Å². The summed E-state index contributed by atoms with van der Waals surface area (Å²) in [6, 6.07) is 0. The number of amides is 1. The molecular weight excluding hydrogens is 262 g/mol. The van der Waals surface area contributed by atoms with Gasteiger partial charge in [-0.3, -0.25) is 14.8 Å². The van der Waals surface area contributed by atoms with Crippen molar-refractivity contribution in [3.05, 3.63) is 12.4 Å². The molecule has 1 amide bonds. The topological polar surface area (TPSA) is 93.5 Å². The van der Waals surface area contributed by atoms with Crippen LogP contribution in [0, 0.1) is 0 Å².